The molecule has 0 fully saturated rings. The Kier molecular flexibility index (Phi) is 6.22. The van der Waals surface area contributed by atoms with Gasteiger partial charge >= 0.3 is 5.97 Å². The van der Waals surface area contributed by atoms with Crippen LogP contribution < -0.4 is 19.5 Å². The molecule has 0 spiro atoms. The van der Waals surface area contributed by atoms with Crippen LogP contribution in [0.4, 0.5) is 5.69 Å². The minimum absolute atomic E-state index is 0.256. The standard InChI is InChI=1S/C26H22N2O5/c1-16(29)27-21-10-6-7-11-23(21)33-26(30)19-15-22(28-20-9-5-4-8-18(19)20)17-12-13-24(31-2)25(14-17)32-3/h4-15H,1-3H3,(H,27,29). The number of nitrogens with one attached hydrogen (secondary N) is 1. The van der Waals surface area contributed by atoms with Gasteiger partial charge in [0, 0.05) is 17.9 Å². The van der Waals surface area contributed by atoms with Crippen LogP contribution in [0.15, 0.2) is 72.8 Å². The molecule has 4 rings (SSSR count). The van der Waals surface area contributed by atoms with Crippen molar-refractivity contribution in [2.75, 3.05) is 19.5 Å². The van der Waals surface area contributed by atoms with Crippen LogP contribution in [-0.4, -0.2) is 31.1 Å². The predicted octanol–water partition coefficient (Wildman–Crippen LogP) is 5.10. The number of benzene rings is 3. The second kappa shape index (κ2) is 9.40. The van der Waals surface area contributed by atoms with Crippen LogP contribution in [0.25, 0.3) is 22.2 Å². The molecule has 7 heteroatoms. The molecule has 0 atom stereocenters. The molecule has 7 nitrogen and oxygen atoms in total. The summed E-state index contributed by atoms with van der Waals surface area (Å²) in [4.78, 5) is 29.5. The van der Waals surface area contributed by atoms with Crippen molar-refractivity contribution in [1.82, 2.24) is 4.98 Å². The number of nitrogens with zero attached hydrogens (tertiary/aromatic N) is 1. The van der Waals surface area contributed by atoms with Gasteiger partial charge in [-0.1, -0.05) is 30.3 Å². The lowest BCUT2D eigenvalue weighted by atomic mass is 10.0. The minimum Gasteiger partial charge on any atom is -0.493 e. The number of carbonyl (C=O) groups excluding carboxylic acids is 2. The van der Waals surface area contributed by atoms with E-state index in [9.17, 15) is 9.59 Å². The smallest absolute Gasteiger partial charge is 0.344 e. The first kappa shape index (κ1) is 21.8. The van der Waals surface area contributed by atoms with E-state index in [2.05, 4.69) is 5.32 Å². The van der Waals surface area contributed by atoms with E-state index in [1.807, 2.05) is 30.3 Å². The monoisotopic (exact) mass is 442 g/mol. The number of anilines is 1. The third-order valence-electron chi connectivity index (χ3n) is 5.02. The van der Waals surface area contributed by atoms with Crippen molar-refractivity contribution in [3.63, 3.8) is 0 Å². The summed E-state index contributed by atoms with van der Waals surface area (Å²) >= 11 is 0. The number of ether oxygens (including phenoxy) is 3. The molecule has 0 bridgehead atoms. The molecule has 0 aliphatic heterocycles. The largest absolute Gasteiger partial charge is 0.493 e. The molecule has 0 aliphatic carbocycles. The molecule has 4 aromatic rings. The molecule has 3 aromatic carbocycles. The topological polar surface area (TPSA) is 86.8 Å². The minimum atomic E-state index is -0.562. The number of carbonyl (C=O) groups is 2. The summed E-state index contributed by atoms with van der Waals surface area (Å²) in [5.74, 6) is 0.581. The maximum absolute atomic E-state index is 13.3. The van der Waals surface area contributed by atoms with E-state index in [-0.39, 0.29) is 11.7 Å². The normalized spacial score (nSPS) is 10.5. The van der Waals surface area contributed by atoms with Gasteiger partial charge in [-0.15, -0.1) is 0 Å². The van der Waals surface area contributed by atoms with Gasteiger partial charge in [-0.05, 0) is 42.5 Å². The molecule has 33 heavy (non-hydrogen) atoms. The molecule has 1 heterocycles. The zero-order valence-corrected chi connectivity index (χ0v) is 18.4. The van der Waals surface area contributed by atoms with E-state index in [4.69, 9.17) is 19.2 Å². The maximum atomic E-state index is 13.3. The lowest BCUT2D eigenvalue weighted by molar-refractivity contribution is -0.114. The highest BCUT2D eigenvalue weighted by molar-refractivity contribution is 6.06. The third-order valence-corrected chi connectivity index (χ3v) is 5.02. The number of hydrogen-bond acceptors (Lipinski definition) is 6. The number of hydrogen-bond donors (Lipinski definition) is 1. The highest BCUT2D eigenvalue weighted by Crippen LogP contribution is 2.33. The fraction of sp³-hybridized carbons (Fsp3) is 0.115. The van der Waals surface area contributed by atoms with Gasteiger partial charge in [-0.3, -0.25) is 4.79 Å². The molecular weight excluding hydrogens is 420 g/mol. The van der Waals surface area contributed by atoms with E-state index < -0.39 is 5.97 Å². The van der Waals surface area contributed by atoms with E-state index in [1.54, 1.807) is 56.7 Å². The van der Waals surface area contributed by atoms with Crippen LogP contribution in [0.1, 0.15) is 17.3 Å². The highest BCUT2D eigenvalue weighted by Gasteiger charge is 2.18. The third kappa shape index (κ3) is 4.62. The molecular formula is C26H22N2O5. The van der Waals surface area contributed by atoms with Crippen molar-refractivity contribution in [3.05, 3.63) is 78.4 Å². The van der Waals surface area contributed by atoms with E-state index in [0.29, 0.717) is 39.3 Å². The number of para-hydroxylation sites is 3. The van der Waals surface area contributed by atoms with Crippen LogP contribution in [-0.2, 0) is 4.79 Å². The molecule has 0 unspecified atom stereocenters. The van der Waals surface area contributed by atoms with Crippen molar-refractivity contribution in [3.8, 4) is 28.5 Å². The molecule has 1 amide bonds. The molecule has 0 saturated heterocycles. The molecule has 0 saturated carbocycles. The van der Waals surface area contributed by atoms with E-state index in [0.717, 1.165) is 5.56 Å². The van der Waals surface area contributed by atoms with E-state index in [1.165, 1.54) is 6.92 Å². The summed E-state index contributed by atoms with van der Waals surface area (Å²) in [5, 5.41) is 3.33. The summed E-state index contributed by atoms with van der Waals surface area (Å²) in [5.41, 5.74) is 2.74. The van der Waals surface area contributed by atoms with Crippen LogP contribution in [0.5, 0.6) is 17.2 Å². The Labute approximate surface area is 190 Å². The Balaban J connectivity index is 1.79. The van der Waals surface area contributed by atoms with Crippen LogP contribution >= 0.6 is 0 Å². The highest BCUT2D eigenvalue weighted by atomic mass is 16.5. The second-order valence-electron chi connectivity index (χ2n) is 7.21. The number of fused-ring (bicyclic) bond motifs is 1. The molecule has 1 aromatic heterocycles. The zero-order valence-electron chi connectivity index (χ0n) is 18.4. The molecule has 0 radical (unpaired) electrons. The second-order valence-corrected chi connectivity index (χ2v) is 7.21. The van der Waals surface area contributed by atoms with Gasteiger partial charge < -0.3 is 19.5 Å². The zero-order chi connectivity index (χ0) is 23.4. The van der Waals surface area contributed by atoms with Crippen molar-refractivity contribution in [1.29, 1.82) is 0 Å². The van der Waals surface area contributed by atoms with Crippen LogP contribution in [0.3, 0.4) is 0 Å². The van der Waals surface area contributed by atoms with Gasteiger partial charge in [0.15, 0.2) is 17.2 Å². The summed E-state index contributed by atoms with van der Waals surface area (Å²) in [6.45, 7) is 1.39. The number of amides is 1. The summed E-state index contributed by atoms with van der Waals surface area (Å²) in [7, 11) is 3.13. The number of esters is 1. The fourth-order valence-electron chi connectivity index (χ4n) is 3.49. The van der Waals surface area contributed by atoms with Gasteiger partial charge in [0.25, 0.3) is 0 Å². The Bertz CT molecular complexity index is 1350. The van der Waals surface area contributed by atoms with Crippen molar-refractivity contribution >= 4 is 28.5 Å². The molecule has 166 valence electrons. The Morgan fingerprint density at radius 3 is 2.30 bits per heavy atom. The number of aromatic nitrogens is 1. The fourth-order valence-corrected chi connectivity index (χ4v) is 3.49. The van der Waals surface area contributed by atoms with Crippen molar-refractivity contribution in [2.24, 2.45) is 0 Å². The predicted molar refractivity (Wildman–Crippen MR) is 126 cm³/mol. The average Bonchev–Trinajstić information content (AvgIpc) is 2.83. The Morgan fingerprint density at radius 1 is 0.818 bits per heavy atom. The number of rotatable bonds is 6. The first-order valence-electron chi connectivity index (χ1n) is 10.2. The van der Waals surface area contributed by atoms with Gasteiger partial charge in [0.2, 0.25) is 5.91 Å². The van der Waals surface area contributed by atoms with Crippen molar-refractivity contribution in [2.45, 2.75) is 6.92 Å². The number of pyridine rings is 1. The summed E-state index contributed by atoms with van der Waals surface area (Å²) in [6, 6.07) is 21.2. The van der Waals surface area contributed by atoms with Crippen molar-refractivity contribution < 1.29 is 23.8 Å². The first-order valence-corrected chi connectivity index (χ1v) is 10.2. The lowest BCUT2D eigenvalue weighted by Gasteiger charge is -2.13. The average molecular weight is 442 g/mol. The summed E-state index contributed by atoms with van der Waals surface area (Å²) in [6.07, 6.45) is 0. The quantitative estimate of drug-likeness (QED) is 0.330. The van der Waals surface area contributed by atoms with Crippen LogP contribution in [0, 0.1) is 0 Å². The van der Waals surface area contributed by atoms with E-state index >= 15 is 0 Å². The Morgan fingerprint density at radius 2 is 1.55 bits per heavy atom. The van der Waals surface area contributed by atoms with Gasteiger partial charge in [0.05, 0.1) is 36.7 Å². The first-order chi connectivity index (χ1) is 16.0. The number of methoxy groups -OCH3 is 2. The van der Waals surface area contributed by atoms with Gasteiger partial charge in [0.1, 0.15) is 0 Å². The summed E-state index contributed by atoms with van der Waals surface area (Å²) < 4.78 is 16.4. The lowest BCUT2D eigenvalue weighted by Crippen LogP contribution is -2.13. The molecule has 0 aliphatic rings. The maximum Gasteiger partial charge on any atom is 0.344 e. The van der Waals surface area contributed by atoms with Gasteiger partial charge in [-0.25, -0.2) is 9.78 Å². The van der Waals surface area contributed by atoms with Gasteiger partial charge in [-0.2, -0.15) is 0 Å². The SMILES string of the molecule is COc1ccc(-c2cc(C(=O)Oc3ccccc3NC(C)=O)c3ccccc3n2)cc1OC. The Hall–Kier alpha value is -4.39. The molecule has 1 N–H and O–H groups in total. The van der Waals surface area contributed by atoms with Crippen LogP contribution in [0.2, 0.25) is 0 Å².